The van der Waals surface area contributed by atoms with Gasteiger partial charge in [-0.2, -0.15) is 4.98 Å². The highest BCUT2D eigenvalue weighted by molar-refractivity contribution is 6.27. The molecule has 1 aromatic heterocycles. The van der Waals surface area contributed by atoms with Gasteiger partial charge in [-0.05, 0) is 49.0 Å². The number of anilines is 1. The van der Waals surface area contributed by atoms with Crippen LogP contribution in [-0.4, -0.2) is 77.5 Å². The Hall–Kier alpha value is -5.49. The van der Waals surface area contributed by atoms with Crippen molar-refractivity contribution >= 4 is 29.6 Å². The highest BCUT2D eigenvalue weighted by atomic mass is 16.5. The Morgan fingerprint density at radius 3 is 2.05 bits per heavy atom. The second-order valence-corrected chi connectivity index (χ2v) is 9.29. The molecule has 4 rings (SSSR count). The fourth-order valence-electron chi connectivity index (χ4n) is 3.58. The molecule has 43 heavy (non-hydrogen) atoms. The molecule has 4 aromatic rings. The number of nitrogens with zero attached hydrogens (tertiary/aromatic N) is 3. The summed E-state index contributed by atoms with van der Waals surface area (Å²) < 4.78 is 16.2. The van der Waals surface area contributed by atoms with Crippen LogP contribution in [0, 0.1) is 6.92 Å². The lowest BCUT2D eigenvalue weighted by molar-refractivity contribution is -0.159. The minimum atomic E-state index is -1.82. The normalized spacial score (nSPS) is 10.6. The Bertz CT molecular complexity index is 1550. The van der Waals surface area contributed by atoms with E-state index in [1.54, 1.807) is 38.3 Å². The van der Waals surface area contributed by atoms with Crippen LogP contribution in [0.3, 0.4) is 0 Å². The number of amides is 1. The molecule has 0 aliphatic rings. The fraction of sp³-hybridized carbons (Fsp3) is 0.194. The van der Waals surface area contributed by atoms with Gasteiger partial charge in [0, 0.05) is 36.9 Å². The standard InChI is InChI=1S/C29H30N4O4.C2H2O4/c1-20-30-29(32-37-20)24-12-10-23(11-13-24)22-8-5-21(6-9-22)7-16-28(34)31-25-14-15-26(35-4)27(19-25)36-18-17-33(2)3;3-1(4)2(5)6/h5-16,19H,17-18H2,1-4H3,(H,31,34);(H,3,4)(H,5,6)/b16-7+;. The van der Waals surface area contributed by atoms with Gasteiger partial charge in [-0.1, -0.05) is 53.7 Å². The summed E-state index contributed by atoms with van der Waals surface area (Å²) in [5.41, 5.74) is 4.58. The number of benzene rings is 3. The molecule has 0 atom stereocenters. The van der Waals surface area contributed by atoms with Gasteiger partial charge < -0.3 is 34.4 Å². The van der Waals surface area contributed by atoms with Crippen molar-refractivity contribution in [2.24, 2.45) is 0 Å². The number of carbonyl (C=O) groups excluding carboxylic acids is 1. The van der Waals surface area contributed by atoms with Crippen molar-refractivity contribution in [1.82, 2.24) is 15.0 Å². The number of hydrogen-bond acceptors (Lipinski definition) is 9. The lowest BCUT2D eigenvalue weighted by atomic mass is 10.0. The van der Waals surface area contributed by atoms with Gasteiger partial charge >= 0.3 is 11.9 Å². The van der Waals surface area contributed by atoms with Crippen LogP contribution in [0.4, 0.5) is 5.69 Å². The predicted octanol–water partition coefficient (Wildman–Crippen LogP) is 4.47. The molecule has 1 amide bonds. The Morgan fingerprint density at radius 2 is 1.51 bits per heavy atom. The molecule has 0 aliphatic heterocycles. The molecule has 3 aromatic carbocycles. The molecule has 0 bridgehead atoms. The predicted molar refractivity (Wildman–Crippen MR) is 160 cm³/mol. The van der Waals surface area contributed by atoms with Crippen molar-refractivity contribution in [1.29, 1.82) is 0 Å². The van der Waals surface area contributed by atoms with E-state index >= 15 is 0 Å². The van der Waals surface area contributed by atoms with E-state index in [0.29, 0.717) is 35.5 Å². The Balaban J connectivity index is 0.000000765. The van der Waals surface area contributed by atoms with E-state index in [2.05, 4.69) is 15.5 Å². The molecule has 0 fully saturated rings. The maximum absolute atomic E-state index is 12.5. The molecule has 1 heterocycles. The number of methoxy groups -OCH3 is 1. The zero-order valence-corrected chi connectivity index (χ0v) is 24.1. The number of carbonyl (C=O) groups is 3. The van der Waals surface area contributed by atoms with Crippen LogP contribution in [0.2, 0.25) is 0 Å². The van der Waals surface area contributed by atoms with Crippen LogP contribution in [0.25, 0.3) is 28.6 Å². The average Bonchev–Trinajstić information content (AvgIpc) is 3.43. The van der Waals surface area contributed by atoms with Crippen LogP contribution in [0.15, 0.2) is 77.3 Å². The summed E-state index contributed by atoms with van der Waals surface area (Å²) in [5.74, 6) is -1.57. The van der Waals surface area contributed by atoms with Gasteiger partial charge in [-0.25, -0.2) is 9.59 Å². The second-order valence-electron chi connectivity index (χ2n) is 9.29. The summed E-state index contributed by atoms with van der Waals surface area (Å²) in [7, 11) is 5.55. The van der Waals surface area contributed by atoms with Crippen LogP contribution in [0.1, 0.15) is 11.5 Å². The van der Waals surface area contributed by atoms with Gasteiger partial charge in [-0.3, -0.25) is 4.79 Å². The smallest absolute Gasteiger partial charge is 0.414 e. The summed E-state index contributed by atoms with van der Waals surface area (Å²) >= 11 is 0. The number of ether oxygens (including phenoxy) is 2. The summed E-state index contributed by atoms with van der Waals surface area (Å²) in [6, 6.07) is 21.3. The Kier molecular flexibility index (Phi) is 11.5. The molecule has 0 aliphatic carbocycles. The monoisotopic (exact) mass is 588 g/mol. The van der Waals surface area contributed by atoms with E-state index in [9.17, 15) is 4.79 Å². The van der Waals surface area contributed by atoms with Crippen molar-refractivity contribution in [2.75, 3.05) is 39.7 Å². The topological polar surface area (TPSA) is 164 Å². The summed E-state index contributed by atoms with van der Waals surface area (Å²) in [5, 5.41) is 21.6. The summed E-state index contributed by atoms with van der Waals surface area (Å²) in [6.45, 7) is 3.05. The number of carboxylic acids is 2. The number of aromatic nitrogens is 2. The molecule has 0 saturated heterocycles. The first kappa shape index (κ1) is 32.0. The number of rotatable bonds is 10. The number of nitrogens with one attached hydrogen (secondary N) is 1. The molecule has 12 nitrogen and oxygen atoms in total. The SMILES string of the molecule is COc1ccc(NC(=O)/C=C/c2ccc(-c3ccc(-c4noc(C)n4)cc3)cc2)cc1OCCN(C)C.O=C(O)C(=O)O. The van der Waals surface area contributed by atoms with Crippen molar-refractivity contribution in [2.45, 2.75) is 6.92 Å². The zero-order valence-electron chi connectivity index (χ0n) is 24.1. The number of aliphatic carboxylic acids is 2. The summed E-state index contributed by atoms with van der Waals surface area (Å²) in [6.07, 6.45) is 3.28. The molecular formula is C31H32N4O8. The number of carboxylic acid groups (broad SMARTS) is 2. The van der Waals surface area contributed by atoms with Crippen LogP contribution < -0.4 is 14.8 Å². The third kappa shape index (κ3) is 10.1. The first-order valence-electron chi connectivity index (χ1n) is 13.0. The number of aryl methyl sites for hydroxylation is 1. The highest BCUT2D eigenvalue weighted by Gasteiger charge is 2.09. The fourth-order valence-corrected chi connectivity index (χ4v) is 3.58. The maximum Gasteiger partial charge on any atom is 0.414 e. The summed E-state index contributed by atoms with van der Waals surface area (Å²) in [4.78, 5) is 37.0. The van der Waals surface area contributed by atoms with E-state index in [1.807, 2.05) is 67.5 Å². The second kappa shape index (κ2) is 15.5. The van der Waals surface area contributed by atoms with E-state index in [0.717, 1.165) is 28.8 Å². The van der Waals surface area contributed by atoms with Crippen LogP contribution in [0.5, 0.6) is 11.5 Å². The first-order valence-corrected chi connectivity index (χ1v) is 13.0. The minimum Gasteiger partial charge on any atom is -0.493 e. The van der Waals surface area contributed by atoms with E-state index < -0.39 is 11.9 Å². The quantitative estimate of drug-likeness (QED) is 0.177. The minimum absolute atomic E-state index is 0.235. The molecule has 0 unspecified atom stereocenters. The third-order valence-electron chi connectivity index (χ3n) is 5.75. The maximum atomic E-state index is 12.5. The third-order valence-corrected chi connectivity index (χ3v) is 5.75. The number of hydrogen-bond donors (Lipinski definition) is 3. The van der Waals surface area contributed by atoms with Crippen LogP contribution in [-0.2, 0) is 14.4 Å². The largest absolute Gasteiger partial charge is 0.493 e. The Morgan fingerprint density at radius 1 is 0.907 bits per heavy atom. The van der Waals surface area contributed by atoms with Gasteiger partial charge in [0.2, 0.25) is 17.6 Å². The van der Waals surface area contributed by atoms with E-state index in [-0.39, 0.29) is 5.91 Å². The zero-order chi connectivity index (χ0) is 31.4. The first-order chi connectivity index (χ1) is 20.5. The van der Waals surface area contributed by atoms with Gasteiger partial charge in [0.1, 0.15) is 6.61 Å². The molecule has 3 N–H and O–H groups in total. The average molecular weight is 589 g/mol. The van der Waals surface area contributed by atoms with Crippen LogP contribution >= 0.6 is 0 Å². The van der Waals surface area contributed by atoms with Gasteiger partial charge in [0.15, 0.2) is 11.5 Å². The van der Waals surface area contributed by atoms with Crippen molar-refractivity contribution < 1.29 is 38.6 Å². The lowest BCUT2D eigenvalue weighted by Gasteiger charge is -2.14. The molecule has 224 valence electrons. The molecule has 12 heteroatoms. The van der Waals surface area contributed by atoms with Gasteiger partial charge in [0.05, 0.1) is 7.11 Å². The lowest BCUT2D eigenvalue weighted by Crippen LogP contribution is -2.19. The molecule has 0 radical (unpaired) electrons. The van der Waals surface area contributed by atoms with Crippen molar-refractivity contribution in [3.63, 3.8) is 0 Å². The van der Waals surface area contributed by atoms with Gasteiger partial charge in [-0.15, -0.1) is 0 Å². The molecular weight excluding hydrogens is 556 g/mol. The number of likely N-dealkylation sites (N-methyl/N-ethyl adjacent to an activating group) is 1. The van der Waals surface area contributed by atoms with Crippen molar-refractivity contribution in [3.8, 4) is 34.0 Å². The van der Waals surface area contributed by atoms with E-state index in [4.69, 9.17) is 33.8 Å². The van der Waals surface area contributed by atoms with Gasteiger partial charge in [0.25, 0.3) is 0 Å². The van der Waals surface area contributed by atoms with E-state index in [1.165, 1.54) is 6.08 Å². The molecule has 0 saturated carbocycles. The Labute approximate surface area is 248 Å². The molecule has 0 spiro atoms. The van der Waals surface area contributed by atoms with Crippen molar-refractivity contribution in [3.05, 3.63) is 84.3 Å². The highest BCUT2D eigenvalue weighted by Crippen LogP contribution is 2.30.